The summed E-state index contributed by atoms with van der Waals surface area (Å²) >= 11 is 0. The smallest absolute Gasteiger partial charge is 0.113 e. The van der Waals surface area contributed by atoms with Gasteiger partial charge in [-0.25, -0.2) is 4.68 Å². The van der Waals surface area contributed by atoms with Crippen molar-refractivity contribution in [1.29, 1.82) is 0 Å². The van der Waals surface area contributed by atoms with Crippen molar-refractivity contribution in [2.45, 2.75) is 19.9 Å². The molecule has 3 heteroatoms. The van der Waals surface area contributed by atoms with Crippen molar-refractivity contribution in [3.63, 3.8) is 0 Å². The van der Waals surface area contributed by atoms with E-state index in [1.54, 1.807) is 0 Å². The zero-order valence-corrected chi connectivity index (χ0v) is 15.0. The summed E-state index contributed by atoms with van der Waals surface area (Å²) in [6.07, 6.45) is 4.40. The van der Waals surface area contributed by atoms with Crippen LogP contribution >= 0.6 is 0 Å². The number of hydrogen-bond acceptors (Lipinski definition) is 2. The lowest BCUT2D eigenvalue weighted by molar-refractivity contribution is 0.602. The number of fused-ring (bicyclic) bond motifs is 1. The molecule has 0 saturated carbocycles. The van der Waals surface area contributed by atoms with Crippen molar-refractivity contribution in [2.24, 2.45) is 0 Å². The summed E-state index contributed by atoms with van der Waals surface area (Å²) in [5.74, 6) is 0. The maximum Gasteiger partial charge on any atom is 0.113 e. The summed E-state index contributed by atoms with van der Waals surface area (Å²) in [4.78, 5) is 0. The van der Waals surface area contributed by atoms with Gasteiger partial charge in [-0.05, 0) is 48.2 Å². The average molecular weight is 339 g/mol. The van der Waals surface area contributed by atoms with E-state index in [2.05, 4.69) is 90.9 Å². The topological polar surface area (TPSA) is 30.7 Å². The molecule has 0 fully saturated rings. The molecule has 0 radical (unpaired) electrons. The van der Waals surface area contributed by atoms with Crippen LogP contribution in [0.4, 0.5) is 0 Å². The molecule has 0 N–H and O–H groups in total. The van der Waals surface area contributed by atoms with Crippen molar-refractivity contribution in [3.8, 4) is 0 Å². The molecular weight excluding hydrogens is 318 g/mol. The summed E-state index contributed by atoms with van der Waals surface area (Å²) in [6, 6.07) is 24.9. The van der Waals surface area contributed by atoms with E-state index in [0.717, 1.165) is 11.0 Å². The molecule has 128 valence electrons. The highest BCUT2D eigenvalue weighted by atomic mass is 15.4. The molecule has 3 aromatic carbocycles. The van der Waals surface area contributed by atoms with E-state index >= 15 is 0 Å². The number of rotatable bonds is 4. The van der Waals surface area contributed by atoms with Crippen LogP contribution in [0.25, 0.3) is 17.1 Å². The van der Waals surface area contributed by atoms with Gasteiger partial charge in [0, 0.05) is 0 Å². The molecule has 1 unspecified atom stereocenters. The maximum absolute atomic E-state index is 4.46. The first kappa shape index (κ1) is 16.3. The quantitative estimate of drug-likeness (QED) is 0.502. The summed E-state index contributed by atoms with van der Waals surface area (Å²) in [5.41, 5.74) is 6.90. The second-order valence-electron chi connectivity index (χ2n) is 6.54. The van der Waals surface area contributed by atoms with Gasteiger partial charge in [-0.15, -0.1) is 5.10 Å². The third kappa shape index (κ3) is 3.04. The third-order valence-electron chi connectivity index (χ3n) is 4.79. The Morgan fingerprint density at radius 2 is 1.50 bits per heavy atom. The molecule has 0 aliphatic carbocycles. The van der Waals surface area contributed by atoms with E-state index < -0.39 is 0 Å². The highest BCUT2D eigenvalue weighted by molar-refractivity contribution is 5.74. The Balaban J connectivity index is 1.85. The van der Waals surface area contributed by atoms with Gasteiger partial charge in [0.1, 0.15) is 5.52 Å². The van der Waals surface area contributed by atoms with Crippen molar-refractivity contribution < 1.29 is 0 Å². The van der Waals surface area contributed by atoms with Gasteiger partial charge in [0.05, 0.1) is 11.6 Å². The highest BCUT2D eigenvalue weighted by Gasteiger charge is 2.16. The fourth-order valence-corrected chi connectivity index (χ4v) is 3.30. The molecule has 4 rings (SSSR count). The minimum Gasteiger partial charge on any atom is -0.233 e. The molecule has 0 amide bonds. The van der Waals surface area contributed by atoms with E-state index in [4.69, 9.17) is 0 Å². The number of aryl methyl sites for hydroxylation is 2. The second kappa shape index (κ2) is 6.96. The predicted molar refractivity (Wildman–Crippen MR) is 107 cm³/mol. The zero-order valence-electron chi connectivity index (χ0n) is 15.0. The van der Waals surface area contributed by atoms with Crippen LogP contribution in [0.3, 0.4) is 0 Å². The summed E-state index contributed by atoms with van der Waals surface area (Å²) in [5, 5.41) is 8.81. The molecule has 4 aromatic rings. The maximum atomic E-state index is 4.46. The number of nitrogens with zero attached hydrogens (tertiary/aromatic N) is 3. The van der Waals surface area contributed by atoms with Crippen LogP contribution in [0.1, 0.15) is 28.3 Å². The van der Waals surface area contributed by atoms with E-state index in [-0.39, 0.29) is 6.04 Å². The number of benzene rings is 3. The van der Waals surface area contributed by atoms with E-state index in [1.165, 1.54) is 22.3 Å². The lowest BCUT2D eigenvalue weighted by atomic mass is 9.99. The largest absolute Gasteiger partial charge is 0.233 e. The minimum absolute atomic E-state index is 0.0109. The van der Waals surface area contributed by atoms with Crippen LogP contribution in [0.15, 0.2) is 78.9 Å². The highest BCUT2D eigenvalue weighted by Crippen LogP contribution is 2.27. The van der Waals surface area contributed by atoms with Gasteiger partial charge in [-0.2, -0.15) is 0 Å². The van der Waals surface area contributed by atoms with Crippen molar-refractivity contribution in [1.82, 2.24) is 15.0 Å². The minimum atomic E-state index is -0.0109. The molecule has 0 spiro atoms. The fourth-order valence-electron chi connectivity index (χ4n) is 3.30. The molecule has 0 aliphatic heterocycles. The molecular formula is C23H21N3. The Kier molecular flexibility index (Phi) is 4.36. The zero-order chi connectivity index (χ0) is 17.9. The van der Waals surface area contributed by atoms with Gasteiger partial charge in [-0.3, -0.25) is 0 Å². The molecule has 0 saturated heterocycles. The SMILES string of the molecule is Cc1ccccc1/C=C/C(c1ccccc1C)n1nnc2ccccc21. The average Bonchev–Trinajstić information content (AvgIpc) is 3.09. The summed E-state index contributed by atoms with van der Waals surface area (Å²) in [7, 11) is 0. The molecule has 1 aromatic heterocycles. The standard InChI is InChI=1S/C23H21N3/c1-17-9-3-5-11-19(17)15-16-22(20-12-6-4-10-18(20)2)26-23-14-8-7-13-21(23)24-25-26/h3-16,22H,1-2H3/b16-15+. The lowest BCUT2D eigenvalue weighted by Crippen LogP contribution is -2.11. The van der Waals surface area contributed by atoms with Crippen LogP contribution in [-0.4, -0.2) is 15.0 Å². The van der Waals surface area contributed by atoms with Crippen LogP contribution in [0.5, 0.6) is 0 Å². The van der Waals surface area contributed by atoms with Gasteiger partial charge in [0.15, 0.2) is 0 Å². The monoisotopic (exact) mass is 339 g/mol. The Morgan fingerprint density at radius 1 is 0.808 bits per heavy atom. The summed E-state index contributed by atoms with van der Waals surface area (Å²) < 4.78 is 2.01. The van der Waals surface area contributed by atoms with Crippen molar-refractivity contribution >= 4 is 17.1 Å². The number of aromatic nitrogens is 3. The van der Waals surface area contributed by atoms with Crippen molar-refractivity contribution in [2.75, 3.05) is 0 Å². The fraction of sp³-hybridized carbons (Fsp3) is 0.130. The van der Waals surface area contributed by atoms with Gasteiger partial charge in [-0.1, -0.05) is 78.0 Å². The molecule has 0 bridgehead atoms. The number of para-hydroxylation sites is 1. The summed E-state index contributed by atoms with van der Waals surface area (Å²) in [6.45, 7) is 4.27. The second-order valence-corrected chi connectivity index (χ2v) is 6.54. The number of hydrogen-bond donors (Lipinski definition) is 0. The predicted octanol–water partition coefficient (Wildman–Crippen LogP) is 5.35. The van der Waals surface area contributed by atoms with Gasteiger partial charge in [0.25, 0.3) is 0 Å². The van der Waals surface area contributed by atoms with Gasteiger partial charge in [0.2, 0.25) is 0 Å². The first-order chi connectivity index (χ1) is 12.7. The molecule has 1 heterocycles. The first-order valence-electron chi connectivity index (χ1n) is 8.83. The van der Waals surface area contributed by atoms with E-state index in [0.29, 0.717) is 0 Å². The molecule has 1 atom stereocenters. The lowest BCUT2D eigenvalue weighted by Gasteiger charge is -2.17. The normalized spacial score (nSPS) is 12.7. The van der Waals surface area contributed by atoms with E-state index in [1.807, 2.05) is 22.9 Å². The van der Waals surface area contributed by atoms with Crippen LogP contribution in [0.2, 0.25) is 0 Å². The Morgan fingerprint density at radius 3 is 2.31 bits per heavy atom. The van der Waals surface area contributed by atoms with E-state index in [9.17, 15) is 0 Å². The van der Waals surface area contributed by atoms with Crippen LogP contribution in [0, 0.1) is 13.8 Å². The molecule has 26 heavy (non-hydrogen) atoms. The molecule has 0 aliphatic rings. The molecule has 3 nitrogen and oxygen atoms in total. The van der Waals surface area contributed by atoms with Crippen LogP contribution < -0.4 is 0 Å². The Labute approximate surface area is 153 Å². The third-order valence-corrected chi connectivity index (χ3v) is 4.79. The Bertz CT molecular complexity index is 1080. The van der Waals surface area contributed by atoms with Crippen LogP contribution in [-0.2, 0) is 0 Å². The van der Waals surface area contributed by atoms with Gasteiger partial charge >= 0.3 is 0 Å². The number of allylic oxidation sites excluding steroid dienone is 1. The first-order valence-corrected chi connectivity index (χ1v) is 8.83. The van der Waals surface area contributed by atoms with Gasteiger partial charge < -0.3 is 0 Å². The Hall–Kier alpha value is -3.20. The van der Waals surface area contributed by atoms with Crippen molar-refractivity contribution in [3.05, 3.63) is 101 Å².